The Kier molecular flexibility index (Phi) is 2.89. The zero-order valence-electron chi connectivity index (χ0n) is 9.55. The third-order valence-electron chi connectivity index (χ3n) is 2.74. The third kappa shape index (κ3) is 1.74. The monoisotopic (exact) mass is 276 g/mol. The molecule has 0 saturated heterocycles. The predicted molar refractivity (Wildman–Crippen MR) is 74.4 cm³/mol. The van der Waals surface area contributed by atoms with Gasteiger partial charge in [0.1, 0.15) is 11.4 Å². The Morgan fingerprint density at radius 3 is 2.72 bits per heavy atom. The number of aromatic nitrogens is 2. The number of benzene rings is 1. The summed E-state index contributed by atoms with van der Waals surface area (Å²) in [5, 5.41) is 14.6. The quantitative estimate of drug-likeness (QED) is 0.709. The molecule has 0 atom stereocenters. The van der Waals surface area contributed by atoms with Gasteiger partial charge in [0.05, 0.1) is 7.11 Å². The van der Waals surface area contributed by atoms with E-state index >= 15 is 0 Å². The van der Waals surface area contributed by atoms with Crippen molar-refractivity contribution < 1.29 is 4.74 Å². The minimum atomic E-state index is 0.435. The summed E-state index contributed by atoms with van der Waals surface area (Å²) in [7, 11) is 1.65. The molecule has 5 heteroatoms. The molecule has 90 valence electrons. The van der Waals surface area contributed by atoms with Crippen LogP contribution in [0.3, 0.4) is 0 Å². The molecule has 0 aliphatic carbocycles. The van der Waals surface area contributed by atoms with E-state index in [1.807, 2.05) is 35.0 Å². The molecule has 0 N–H and O–H groups in total. The highest BCUT2D eigenvalue weighted by molar-refractivity contribution is 7.09. The first-order chi connectivity index (χ1) is 8.81. The molecule has 1 aromatic carbocycles. The number of hydrogen-bond acceptors (Lipinski definition) is 4. The summed E-state index contributed by atoms with van der Waals surface area (Å²) < 4.78 is 5.36. The van der Waals surface area contributed by atoms with Crippen molar-refractivity contribution in [1.29, 1.82) is 0 Å². The van der Waals surface area contributed by atoms with E-state index in [2.05, 4.69) is 10.2 Å². The molecule has 0 bridgehead atoms. The Labute approximate surface area is 113 Å². The van der Waals surface area contributed by atoms with E-state index < -0.39 is 0 Å². The number of nitrogens with zero attached hydrogens (tertiary/aromatic N) is 2. The van der Waals surface area contributed by atoms with Crippen molar-refractivity contribution >= 4 is 33.7 Å². The number of hydrogen-bond donors (Lipinski definition) is 0. The van der Waals surface area contributed by atoms with Crippen LogP contribution in [-0.4, -0.2) is 17.3 Å². The number of para-hydroxylation sites is 1. The first-order valence-electron chi connectivity index (χ1n) is 5.32. The maximum atomic E-state index is 6.03. The molecule has 18 heavy (non-hydrogen) atoms. The van der Waals surface area contributed by atoms with E-state index in [-0.39, 0.29) is 0 Å². The lowest BCUT2D eigenvalue weighted by molar-refractivity contribution is 0.416. The molecule has 2 aromatic heterocycles. The van der Waals surface area contributed by atoms with Crippen LogP contribution in [0.5, 0.6) is 5.75 Å². The van der Waals surface area contributed by atoms with Gasteiger partial charge < -0.3 is 4.74 Å². The lowest BCUT2D eigenvalue weighted by atomic mass is 10.1. The Hall–Kier alpha value is -1.65. The van der Waals surface area contributed by atoms with Crippen LogP contribution in [0.2, 0.25) is 5.15 Å². The minimum Gasteiger partial charge on any atom is -0.496 e. The second-order valence-corrected chi connectivity index (χ2v) is 4.84. The van der Waals surface area contributed by atoms with Gasteiger partial charge in [0.2, 0.25) is 0 Å². The van der Waals surface area contributed by atoms with Gasteiger partial charge in [-0.25, -0.2) is 0 Å². The van der Waals surface area contributed by atoms with E-state index in [1.54, 1.807) is 18.4 Å². The summed E-state index contributed by atoms with van der Waals surface area (Å²) in [5.74, 6) is 0.779. The van der Waals surface area contributed by atoms with Crippen molar-refractivity contribution in [2.75, 3.05) is 7.11 Å². The molecule has 0 aliphatic heterocycles. The number of thiophene rings is 1. The molecule has 3 aromatic rings. The SMILES string of the molecule is COc1ccccc1-c1nnc(Cl)c2cscc12. The van der Waals surface area contributed by atoms with Gasteiger partial charge in [-0.3, -0.25) is 0 Å². The standard InChI is InChI=1S/C13H9ClN2OS/c1-17-11-5-3-2-4-8(11)12-9-6-18-7-10(9)13(14)16-15-12/h2-7H,1H3. The Morgan fingerprint density at radius 2 is 1.89 bits per heavy atom. The molecule has 0 aliphatic rings. The number of fused-ring (bicyclic) bond motifs is 1. The van der Waals surface area contributed by atoms with Crippen molar-refractivity contribution in [1.82, 2.24) is 10.2 Å². The van der Waals surface area contributed by atoms with Crippen LogP contribution in [0.15, 0.2) is 35.0 Å². The highest BCUT2D eigenvalue weighted by atomic mass is 35.5. The van der Waals surface area contributed by atoms with Gasteiger partial charge in [-0.1, -0.05) is 23.7 Å². The molecule has 0 spiro atoms. The molecular weight excluding hydrogens is 268 g/mol. The lowest BCUT2D eigenvalue weighted by Gasteiger charge is -2.08. The molecule has 3 rings (SSSR count). The van der Waals surface area contributed by atoms with E-state index in [1.165, 1.54) is 0 Å². The molecule has 0 fully saturated rings. The van der Waals surface area contributed by atoms with Gasteiger partial charge in [0.15, 0.2) is 5.15 Å². The predicted octanol–water partition coefficient (Wildman–Crippen LogP) is 4.02. The molecule has 0 amide bonds. The minimum absolute atomic E-state index is 0.435. The van der Waals surface area contributed by atoms with Crippen molar-refractivity contribution in [3.05, 3.63) is 40.2 Å². The van der Waals surface area contributed by atoms with Gasteiger partial charge >= 0.3 is 0 Å². The second-order valence-electron chi connectivity index (χ2n) is 3.74. The fourth-order valence-electron chi connectivity index (χ4n) is 1.88. The smallest absolute Gasteiger partial charge is 0.160 e. The summed E-state index contributed by atoms with van der Waals surface area (Å²) in [6, 6.07) is 7.75. The summed E-state index contributed by atoms with van der Waals surface area (Å²) in [6.45, 7) is 0. The topological polar surface area (TPSA) is 35.0 Å². The molecule has 2 heterocycles. The van der Waals surface area contributed by atoms with E-state index in [9.17, 15) is 0 Å². The van der Waals surface area contributed by atoms with Crippen LogP contribution >= 0.6 is 22.9 Å². The Morgan fingerprint density at radius 1 is 1.11 bits per heavy atom. The van der Waals surface area contributed by atoms with E-state index in [0.29, 0.717) is 5.15 Å². The average molecular weight is 277 g/mol. The van der Waals surface area contributed by atoms with E-state index in [0.717, 1.165) is 27.8 Å². The largest absolute Gasteiger partial charge is 0.496 e. The van der Waals surface area contributed by atoms with Crippen LogP contribution in [0.4, 0.5) is 0 Å². The first kappa shape index (κ1) is 11.4. The fourth-order valence-corrected chi connectivity index (χ4v) is 2.96. The Balaban J connectivity index is 2.32. The zero-order valence-corrected chi connectivity index (χ0v) is 11.1. The van der Waals surface area contributed by atoms with Crippen LogP contribution in [-0.2, 0) is 0 Å². The summed E-state index contributed by atoms with van der Waals surface area (Å²) >= 11 is 7.62. The maximum Gasteiger partial charge on any atom is 0.160 e. The van der Waals surface area contributed by atoms with Gasteiger partial charge in [-0.15, -0.1) is 10.2 Å². The van der Waals surface area contributed by atoms with Gasteiger partial charge in [0.25, 0.3) is 0 Å². The second kappa shape index (κ2) is 4.55. The number of halogens is 1. The molecular formula is C13H9ClN2OS. The lowest BCUT2D eigenvalue weighted by Crippen LogP contribution is -1.93. The fraction of sp³-hybridized carbons (Fsp3) is 0.0769. The first-order valence-corrected chi connectivity index (χ1v) is 6.65. The highest BCUT2D eigenvalue weighted by Gasteiger charge is 2.13. The zero-order chi connectivity index (χ0) is 12.5. The van der Waals surface area contributed by atoms with Gasteiger partial charge in [0, 0.05) is 27.1 Å². The normalized spacial score (nSPS) is 10.8. The molecule has 3 nitrogen and oxygen atoms in total. The maximum absolute atomic E-state index is 6.03. The van der Waals surface area contributed by atoms with Crippen LogP contribution < -0.4 is 4.74 Å². The van der Waals surface area contributed by atoms with E-state index in [4.69, 9.17) is 16.3 Å². The summed E-state index contributed by atoms with van der Waals surface area (Å²) in [6.07, 6.45) is 0. The van der Waals surface area contributed by atoms with Crippen molar-refractivity contribution in [3.8, 4) is 17.0 Å². The third-order valence-corrected chi connectivity index (χ3v) is 3.76. The van der Waals surface area contributed by atoms with Gasteiger partial charge in [-0.05, 0) is 12.1 Å². The summed E-state index contributed by atoms with van der Waals surface area (Å²) in [4.78, 5) is 0. The van der Waals surface area contributed by atoms with Crippen LogP contribution in [0.25, 0.3) is 22.0 Å². The van der Waals surface area contributed by atoms with Crippen molar-refractivity contribution in [2.45, 2.75) is 0 Å². The highest BCUT2D eigenvalue weighted by Crippen LogP contribution is 2.36. The van der Waals surface area contributed by atoms with Gasteiger partial charge in [-0.2, -0.15) is 11.3 Å². The number of rotatable bonds is 2. The molecule has 0 radical (unpaired) electrons. The van der Waals surface area contributed by atoms with Crippen LogP contribution in [0, 0.1) is 0 Å². The molecule has 0 saturated carbocycles. The average Bonchev–Trinajstić information content (AvgIpc) is 2.89. The Bertz CT molecular complexity index is 711. The summed E-state index contributed by atoms with van der Waals surface area (Å²) in [5.41, 5.74) is 1.72. The number of ether oxygens (including phenoxy) is 1. The van der Waals surface area contributed by atoms with Crippen molar-refractivity contribution in [2.24, 2.45) is 0 Å². The molecule has 0 unspecified atom stereocenters. The van der Waals surface area contributed by atoms with Crippen molar-refractivity contribution in [3.63, 3.8) is 0 Å². The van der Waals surface area contributed by atoms with Crippen LogP contribution in [0.1, 0.15) is 0 Å². The number of methoxy groups -OCH3 is 1.